The van der Waals surface area contributed by atoms with E-state index in [2.05, 4.69) is 5.32 Å². The van der Waals surface area contributed by atoms with Crippen LogP contribution >= 0.6 is 0 Å². The van der Waals surface area contributed by atoms with Gasteiger partial charge in [-0.15, -0.1) is 0 Å². The average Bonchev–Trinajstić information content (AvgIpc) is 2.88. The molecule has 5 nitrogen and oxygen atoms in total. The standard InChI is InChI=1S/C12H13F3N2O3/c13-12(14,15)8-3-4-11(10(6-8)17(18)19)20-7-9-2-1-5-16-9/h3-4,6,9,16H,1-2,5,7H2/t9-/m0/s1. The number of nitro benzene ring substituents is 1. The molecule has 1 aliphatic heterocycles. The number of nitro groups is 1. The summed E-state index contributed by atoms with van der Waals surface area (Å²) in [5.74, 6) is -0.142. The van der Waals surface area contributed by atoms with Crippen molar-refractivity contribution in [2.24, 2.45) is 0 Å². The van der Waals surface area contributed by atoms with Crippen LogP contribution < -0.4 is 10.1 Å². The van der Waals surface area contributed by atoms with E-state index >= 15 is 0 Å². The molecule has 0 aromatic heterocycles. The van der Waals surface area contributed by atoms with E-state index < -0.39 is 22.4 Å². The lowest BCUT2D eigenvalue weighted by molar-refractivity contribution is -0.386. The van der Waals surface area contributed by atoms with E-state index in [0.717, 1.165) is 31.5 Å². The second-order valence-electron chi connectivity index (χ2n) is 4.54. The summed E-state index contributed by atoms with van der Waals surface area (Å²) in [6, 6.07) is 2.36. The zero-order valence-corrected chi connectivity index (χ0v) is 10.4. The summed E-state index contributed by atoms with van der Waals surface area (Å²) in [7, 11) is 0. The van der Waals surface area contributed by atoms with Gasteiger partial charge in [-0.25, -0.2) is 0 Å². The van der Waals surface area contributed by atoms with Crippen molar-refractivity contribution in [3.05, 3.63) is 33.9 Å². The van der Waals surface area contributed by atoms with Gasteiger partial charge in [-0.1, -0.05) is 0 Å². The Labute approximate surface area is 112 Å². The van der Waals surface area contributed by atoms with Gasteiger partial charge in [0.05, 0.1) is 10.5 Å². The zero-order valence-electron chi connectivity index (χ0n) is 10.4. The quantitative estimate of drug-likeness (QED) is 0.684. The topological polar surface area (TPSA) is 64.4 Å². The summed E-state index contributed by atoms with van der Waals surface area (Å²) in [6.07, 6.45) is -2.74. The molecule has 0 spiro atoms. The van der Waals surface area contributed by atoms with Gasteiger partial charge in [0.2, 0.25) is 0 Å². The normalized spacial score (nSPS) is 19.1. The summed E-state index contributed by atoms with van der Waals surface area (Å²) in [5, 5.41) is 14.0. The van der Waals surface area contributed by atoms with Gasteiger partial charge in [0.25, 0.3) is 0 Å². The van der Waals surface area contributed by atoms with E-state index in [1.165, 1.54) is 0 Å². The van der Waals surface area contributed by atoms with E-state index in [1.54, 1.807) is 0 Å². The van der Waals surface area contributed by atoms with Crippen LogP contribution in [0.5, 0.6) is 5.75 Å². The minimum absolute atomic E-state index is 0.0805. The van der Waals surface area contributed by atoms with Crippen molar-refractivity contribution in [3.63, 3.8) is 0 Å². The largest absolute Gasteiger partial charge is 0.485 e. The zero-order chi connectivity index (χ0) is 14.8. The number of nitrogens with zero attached hydrogens (tertiary/aromatic N) is 1. The Morgan fingerprint density at radius 1 is 1.45 bits per heavy atom. The summed E-state index contributed by atoms with van der Waals surface area (Å²) in [6.45, 7) is 1.05. The first-order valence-corrected chi connectivity index (χ1v) is 6.10. The van der Waals surface area contributed by atoms with Crippen molar-refractivity contribution in [2.45, 2.75) is 25.1 Å². The molecule has 1 heterocycles. The molecule has 0 bridgehead atoms. The van der Waals surface area contributed by atoms with E-state index in [1.807, 2.05) is 0 Å². The summed E-state index contributed by atoms with van der Waals surface area (Å²) in [5.41, 5.74) is -1.73. The molecule has 0 radical (unpaired) electrons. The fourth-order valence-electron chi connectivity index (χ4n) is 2.05. The Morgan fingerprint density at radius 3 is 2.75 bits per heavy atom. The lowest BCUT2D eigenvalue weighted by Gasteiger charge is -2.13. The van der Waals surface area contributed by atoms with Crippen molar-refractivity contribution < 1.29 is 22.8 Å². The molecule has 0 saturated carbocycles. The van der Waals surface area contributed by atoms with Crippen LogP contribution in [0.3, 0.4) is 0 Å². The number of hydrogen-bond acceptors (Lipinski definition) is 4. The van der Waals surface area contributed by atoms with Gasteiger partial charge < -0.3 is 10.1 Å². The molecule has 110 valence electrons. The van der Waals surface area contributed by atoms with E-state index in [-0.39, 0.29) is 18.4 Å². The Balaban J connectivity index is 2.17. The molecule has 1 aliphatic rings. The number of ether oxygens (including phenoxy) is 1. The van der Waals surface area contributed by atoms with Crippen LogP contribution in [0.2, 0.25) is 0 Å². The predicted molar refractivity (Wildman–Crippen MR) is 64.6 cm³/mol. The fourth-order valence-corrected chi connectivity index (χ4v) is 2.05. The van der Waals surface area contributed by atoms with Crippen LogP contribution in [0.25, 0.3) is 0 Å². The highest BCUT2D eigenvalue weighted by Crippen LogP contribution is 2.36. The van der Waals surface area contributed by atoms with Crippen LogP contribution in [0.1, 0.15) is 18.4 Å². The molecule has 0 aliphatic carbocycles. The Morgan fingerprint density at radius 2 is 2.20 bits per heavy atom. The molecule has 0 amide bonds. The monoisotopic (exact) mass is 290 g/mol. The van der Waals surface area contributed by atoms with Gasteiger partial charge in [-0.3, -0.25) is 10.1 Å². The van der Waals surface area contributed by atoms with Crippen molar-refractivity contribution in [3.8, 4) is 5.75 Å². The summed E-state index contributed by atoms with van der Waals surface area (Å²) >= 11 is 0. The highest BCUT2D eigenvalue weighted by molar-refractivity contribution is 5.49. The Bertz CT molecular complexity index is 499. The Hall–Kier alpha value is -1.83. The third-order valence-corrected chi connectivity index (χ3v) is 3.09. The third-order valence-electron chi connectivity index (χ3n) is 3.09. The summed E-state index contributed by atoms with van der Waals surface area (Å²) < 4.78 is 42.8. The molecule has 1 aromatic carbocycles. The fraction of sp³-hybridized carbons (Fsp3) is 0.500. The molecular weight excluding hydrogens is 277 g/mol. The van der Waals surface area contributed by atoms with Crippen LogP contribution in [-0.4, -0.2) is 24.1 Å². The van der Waals surface area contributed by atoms with E-state index in [9.17, 15) is 23.3 Å². The average molecular weight is 290 g/mol. The molecule has 0 unspecified atom stereocenters. The molecule has 1 fully saturated rings. The van der Waals surface area contributed by atoms with Gasteiger partial charge in [-0.2, -0.15) is 13.2 Å². The second kappa shape index (κ2) is 5.66. The SMILES string of the molecule is O=[N+]([O-])c1cc(C(F)(F)F)ccc1OC[C@@H]1CCCN1. The van der Waals surface area contributed by atoms with Crippen molar-refractivity contribution in [1.82, 2.24) is 5.32 Å². The molecule has 1 aromatic rings. The van der Waals surface area contributed by atoms with Gasteiger partial charge in [0, 0.05) is 12.1 Å². The van der Waals surface area contributed by atoms with Crippen LogP contribution in [0.15, 0.2) is 18.2 Å². The maximum atomic E-state index is 12.5. The number of rotatable bonds is 4. The molecule has 1 atom stereocenters. The summed E-state index contributed by atoms with van der Waals surface area (Å²) in [4.78, 5) is 9.97. The molecule has 1 saturated heterocycles. The molecule has 8 heteroatoms. The van der Waals surface area contributed by atoms with Gasteiger partial charge in [-0.05, 0) is 31.5 Å². The number of alkyl halides is 3. The molecule has 2 rings (SSSR count). The maximum Gasteiger partial charge on any atom is 0.416 e. The first kappa shape index (κ1) is 14.6. The van der Waals surface area contributed by atoms with Crippen molar-refractivity contribution in [1.29, 1.82) is 0 Å². The van der Waals surface area contributed by atoms with Gasteiger partial charge in [0.15, 0.2) is 5.75 Å². The molecular formula is C12H13F3N2O3. The van der Waals surface area contributed by atoms with Crippen LogP contribution in [-0.2, 0) is 6.18 Å². The lowest BCUT2D eigenvalue weighted by atomic mass is 10.2. The number of benzene rings is 1. The number of nitrogens with one attached hydrogen (secondary N) is 1. The first-order chi connectivity index (χ1) is 9.38. The van der Waals surface area contributed by atoms with Crippen molar-refractivity contribution in [2.75, 3.05) is 13.2 Å². The third kappa shape index (κ3) is 3.38. The van der Waals surface area contributed by atoms with Gasteiger partial charge in [0.1, 0.15) is 6.61 Å². The van der Waals surface area contributed by atoms with E-state index in [0.29, 0.717) is 6.07 Å². The highest BCUT2D eigenvalue weighted by atomic mass is 19.4. The minimum Gasteiger partial charge on any atom is -0.485 e. The van der Waals surface area contributed by atoms with Crippen LogP contribution in [0.4, 0.5) is 18.9 Å². The van der Waals surface area contributed by atoms with E-state index in [4.69, 9.17) is 4.74 Å². The Kier molecular flexibility index (Phi) is 4.12. The smallest absolute Gasteiger partial charge is 0.416 e. The minimum atomic E-state index is -4.61. The molecule has 20 heavy (non-hydrogen) atoms. The number of halogens is 3. The highest BCUT2D eigenvalue weighted by Gasteiger charge is 2.33. The maximum absolute atomic E-state index is 12.5. The van der Waals surface area contributed by atoms with Crippen molar-refractivity contribution >= 4 is 5.69 Å². The second-order valence-corrected chi connectivity index (χ2v) is 4.54. The predicted octanol–water partition coefficient (Wildman–Crippen LogP) is 2.74. The first-order valence-electron chi connectivity index (χ1n) is 6.10. The lowest BCUT2D eigenvalue weighted by Crippen LogP contribution is -2.28. The van der Waals surface area contributed by atoms with Crippen LogP contribution in [0, 0.1) is 10.1 Å². The molecule has 1 N–H and O–H groups in total. The number of hydrogen-bond donors (Lipinski definition) is 1. The van der Waals surface area contributed by atoms with Gasteiger partial charge >= 0.3 is 11.9 Å².